The first-order valence-corrected chi connectivity index (χ1v) is 19.7. The molecule has 10 aromatic carbocycles. The van der Waals surface area contributed by atoms with E-state index in [0.29, 0.717) is 5.89 Å². The molecule has 0 unspecified atom stereocenters. The lowest BCUT2D eigenvalue weighted by Gasteiger charge is -2.26. The van der Waals surface area contributed by atoms with Crippen LogP contribution in [0.5, 0.6) is 0 Å². The van der Waals surface area contributed by atoms with Gasteiger partial charge in [-0.25, -0.2) is 4.98 Å². The summed E-state index contributed by atoms with van der Waals surface area (Å²) in [5, 5.41) is 7.27. The van der Waals surface area contributed by atoms with E-state index in [1.165, 1.54) is 49.4 Å². The van der Waals surface area contributed by atoms with Crippen molar-refractivity contribution in [3.05, 3.63) is 218 Å². The zero-order valence-corrected chi connectivity index (χ0v) is 31.6. The molecule has 0 bridgehead atoms. The molecule has 3 heteroatoms. The predicted molar refractivity (Wildman–Crippen MR) is 243 cm³/mol. The number of rotatable bonds is 7. The van der Waals surface area contributed by atoms with E-state index in [0.717, 1.165) is 50.1 Å². The summed E-state index contributed by atoms with van der Waals surface area (Å²) in [6.07, 6.45) is 0. The van der Waals surface area contributed by atoms with Crippen LogP contribution in [0, 0.1) is 0 Å². The maximum absolute atomic E-state index is 6.28. The van der Waals surface area contributed by atoms with Gasteiger partial charge in [0.1, 0.15) is 5.52 Å². The smallest absolute Gasteiger partial charge is 0.227 e. The van der Waals surface area contributed by atoms with Gasteiger partial charge < -0.3 is 9.32 Å². The highest BCUT2D eigenvalue weighted by Crippen LogP contribution is 2.40. The molecule has 11 rings (SSSR count). The quantitative estimate of drug-likeness (QED) is 0.152. The lowest BCUT2D eigenvalue weighted by Crippen LogP contribution is -2.09. The number of para-hydroxylation sites is 1. The number of anilines is 3. The highest BCUT2D eigenvalue weighted by Gasteiger charge is 2.15. The highest BCUT2D eigenvalue weighted by atomic mass is 16.3. The summed E-state index contributed by atoms with van der Waals surface area (Å²) in [7, 11) is 0. The molecule has 1 aromatic heterocycles. The van der Waals surface area contributed by atoms with Gasteiger partial charge in [0.2, 0.25) is 5.89 Å². The first kappa shape index (κ1) is 33.6. The van der Waals surface area contributed by atoms with Crippen molar-refractivity contribution in [3.8, 4) is 44.8 Å². The van der Waals surface area contributed by atoms with Crippen molar-refractivity contribution in [2.45, 2.75) is 0 Å². The summed E-state index contributed by atoms with van der Waals surface area (Å²) in [5.41, 5.74) is 13.1. The summed E-state index contributed by atoms with van der Waals surface area (Å²) in [6.45, 7) is 0. The van der Waals surface area contributed by atoms with Crippen molar-refractivity contribution >= 4 is 60.5 Å². The van der Waals surface area contributed by atoms with Crippen molar-refractivity contribution in [1.82, 2.24) is 4.98 Å². The molecule has 0 radical (unpaired) electrons. The zero-order chi connectivity index (χ0) is 38.4. The topological polar surface area (TPSA) is 29.3 Å². The van der Waals surface area contributed by atoms with Gasteiger partial charge in [0.05, 0.1) is 0 Å². The summed E-state index contributed by atoms with van der Waals surface area (Å²) in [5.74, 6) is 0.643. The largest absolute Gasteiger partial charge is 0.435 e. The third-order valence-electron chi connectivity index (χ3n) is 11.3. The second kappa shape index (κ2) is 14.1. The van der Waals surface area contributed by atoms with Crippen LogP contribution in [0.4, 0.5) is 17.1 Å². The Labute approximate surface area is 336 Å². The van der Waals surface area contributed by atoms with Crippen LogP contribution in [0.25, 0.3) is 88.3 Å². The van der Waals surface area contributed by atoms with Gasteiger partial charge in [0.25, 0.3) is 0 Å². The van der Waals surface area contributed by atoms with E-state index in [4.69, 9.17) is 9.40 Å². The molecular formula is C55H36N2O. The molecule has 0 saturated heterocycles. The summed E-state index contributed by atoms with van der Waals surface area (Å²) >= 11 is 0. The van der Waals surface area contributed by atoms with E-state index >= 15 is 0 Å². The van der Waals surface area contributed by atoms with Crippen molar-refractivity contribution in [2.24, 2.45) is 0 Å². The normalized spacial score (nSPS) is 11.4. The number of hydrogen-bond acceptors (Lipinski definition) is 3. The van der Waals surface area contributed by atoms with Crippen molar-refractivity contribution < 1.29 is 4.42 Å². The standard InChI is InChI=1S/C55H36N2O/c1-3-11-41(12-4-1)55-56-53-34-28-44-35-42(27-33-49(44)54(53)58-55)39-21-19-37(20-22-39)38-23-29-46(30-24-38)57(45-14-5-2-6-15-45)47-31-25-40(26-32-47)52-36-43-13-7-8-16-48(43)50-17-9-10-18-51(50)52/h1-36H. The van der Waals surface area contributed by atoms with Crippen LogP contribution < -0.4 is 4.90 Å². The van der Waals surface area contributed by atoms with Crippen molar-refractivity contribution in [1.29, 1.82) is 0 Å². The molecule has 0 aliphatic carbocycles. The van der Waals surface area contributed by atoms with Crippen LogP contribution in [0.1, 0.15) is 0 Å². The Hall–Kier alpha value is -7.75. The first-order valence-electron chi connectivity index (χ1n) is 19.7. The van der Waals surface area contributed by atoms with Crippen molar-refractivity contribution in [3.63, 3.8) is 0 Å². The van der Waals surface area contributed by atoms with E-state index in [1.54, 1.807) is 0 Å². The maximum atomic E-state index is 6.28. The van der Waals surface area contributed by atoms with Crippen molar-refractivity contribution in [2.75, 3.05) is 4.90 Å². The van der Waals surface area contributed by atoms with Crippen LogP contribution in [-0.4, -0.2) is 4.98 Å². The van der Waals surface area contributed by atoms with Gasteiger partial charge in [-0.3, -0.25) is 0 Å². The SMILES string of the molecule is c1ccc(-c2nc3ccc4cc(-c5ccc(-c6ccc(N(c7ccccc7)c7ccc(-c8cc9ccccc9c9ccccc89)cc7)cc6)cc5)ccc4c3o2)cc1. The van der Waals surface area contributed by atoms with E-state index < -0.39 is 0 Å². The molecule has 0 aliphatic heterocycles. The Kier molecular flexibility index (Phi) is 8.15. The highest BCUT2D eigenvalue weighted by molar-refractivity contribution is 6.13. The second-order valence-corrected chi connectivity index (χ2v) is 14.8. The molecule has 272 valence electrons. The van der Waals surface area contributed by atoms with Gasteiger partial charge in [-0.1, -0.05) is 146 Å². The Morgan fingerprint density at radius 1 is 0.328 bits per heavy atom. The second-order valence-electron chi connectivity index (χ2n) is 14.8. The molecule has 0 N–H and O–H groups in total. The fraction of sp³-hybridized carbons (Fsp3) is 0. The van der Waals surface area contributed by atoms with E-state index in [9.17, 15) is 0 Å². The van der Waals surface area contributed by atoms with Crippen LogP contribution in [0.3, 0.4) is 0 Å². The molecule has 0 saturated carbocycles. The molecule has 0 amide bonds. The third-order valence-corrected chi connectivity index (χ3v) is 11.3. The number of oxazole rings is 1. The van der Waals surface area contributed by atoms with Gasteiger partial charge in [-0.05, 0) is 133 Å². The lowest BCUT2D eigenvalue weighted by atomic mass is 9.93. The maximum Gasteiger partial charge on any atom is 0.227 e. The van der Waals surface area contributed by atoms with Gasteiger partial charge in [-0.2, -0.15) is 0 Å². The summed E-state index contributed by atoms with van der Waals surface area (Å²) < 4.78 is 6.28. The third kappa shape index (κ3) is 5.98. The number of fused-ring (bicyclic) bond motifs is 6. The molecular weight excluding hydrogens is 705 g/mol. The van der Waals surface area contributed by atoms with Gasteiger partial charge >= 0.3 is 0 Å². The number of benzene rings is 10. The minimum Gasteiger partial charge on any atom is -0.435 e. The Bertz CT molecular complexity index is 3240. The molecule has 3 nitrogen and oxygen atoms in total. The fourth-order valence-corrected chi connectivity index (χ4v) is 8.36. The molecule has 0 aliphatic rings. The minimum absolute atomic E-state index is 0.643. The summed E-state index contributed by atoms with van der Waals surface area (Å²) in [6, 6.07) is 77.8. The number of hydrogen-bond donors (Lipinski definition) is 0. The van der Waals surface area contributed by atoms with E-state index in [2.05, 4.69) is 187 Å². The van der Waals surface area contributed by atoms with Gasteiger partial charge in [0.15, 0.2) is 5.58 Å². The average Bonchev–Trinajstić information content (AvgIpc) is 3.75. The molecule has 0 fully saturated rings. The summed E-state index contributed by atoms with van der Waals surface area (Å²) in [4.78, 5) is 7.08. The Morgan fingerprint density at radius 3 is 1.55 bits per heavy atom. The van der Waals surface area contributed by atoms with Crippen LogP contribution in [0.15, 0.2) is 223 Å². The van der Waals surface area contributed by atoms with E-state index in [1.807, 2.05) is 36.4 Å². The average molecular weight is 741 g/mol. The molecule has 1 heterocycles. The minimum atomic E-state index is 0.643. The predicted octanol–water partition coefficient (Wildman–Crippen LogP) is 15.4. The van der Waals surface area contributed by atoms with Crippen LogP contribution in [-0.2, 0) is 0 Å². The van der Waals surface area contributed by atoms with E-state index in [-0.39, 0.29) is 0 Å². The van der Waals surface area contributed by atoms with Gasteiger partial charge in [-0.15, -0.1) is 0 Å². The Balaban J connectivity index is 0.876. The van der Waals surface area contributed by atoms with Gasteiger partial charge in [0, 0.05) is 28.0 Å². The monoisotopic (exact) mass is 740 g/mol. The van der Waals surface area contributed by atoms with Crippen LogP contribution in [0.2, 0.25) is 0 Å². The molecule has 58 heavy (non-hydrogen) atoms. The number of nitrogens with zero attached hydrogens (tertiary/aromatic N) is 2. The molecule has 11 aromatic rings. The molecule has 0 atom stereocenters. The lowest BCUT2D eigenvalue weighted by molar-refractivity contribution is 0.623. The molecule has 0 spiro atoms. The zero-order valence-electron chi connectivity index (χ0n) is 31.6. The first-order chi connectivity index (χ1) is 28.7. The van der Waals surface area contributed by atoms with Crippen LogP contribution >= 0.6 is 0 Å². The number of aromatic nitrogens is 1. The fourth-order valence-electron chi connectivity index (χ4n) is 8.36. The Morgan fingerprint density at radius 2 is 0.845 bits per heavy atom.